The summed E-state index contributed by atoms with van der Waals surface area (Å²) in [6, 6.07) is 0. The van der Waals surface area contributed by atoms with Gasteiger partial charge in [0.2, 0.25) is 0 Å². The number of carbonyl (C=O) groups excluding carboxylic acids is 1. The monoisotopic (exact) mass is 238 g/mol. The van der Waals surface area contributed by atoms with Crippen molar-refractivity contribution in [3.8, 4) is 0 Å². The van der Waals surface area contributed by atoms with Gasteiger partial charge in [0.25, 0.3) is 5.91 Å². The van der Waals surface area contributed by atoms with Crippen LogP contribution in [0.3, 0.4) is 0 Å². The fourth-order valence-corrected chi connectivity index (χ4v) is 1.81. The molecule has 1 amide bonds. The number of hydrogen-bond acceptors (Lipinski definition) is 4. The zero-order valence-corrected chi connectivity index (χ0v) is 9.94. The molecule has 1 heterocycles. The van der Waals surface area contributed by atoms with Crippen molar-refractivity contribution in [2.75, 3.05) is 18.9 Å². The van der Waals surface area contributed by atoms with Crippen molar-refractivity contribution in [1.29, 1.82) is 0 Å². The zero-order chi connectivity index (χ0) is 12.5. The highest BCUT2D eigenvalue weighted by atomic mass is 16.3. The van der Waals surface area contributed by atoms with E-state index in [9.17, 15) is 4.79 Å². The summed E-state index contributed by atoms with van der Waals surface area (Å²) < 4.78 is 1.57. The Balaban J connectivity index is 2.02. The highest BCUT2D eigenvalue weighted by Gasteiger charge is 2.42. The molecule has 0 aromatic carbocycles. The quantitative estimate of drug-likeness (QED) is 0.672. The third-order valence-electron chi connectivity index (χ3n) is 3.30. The molecule has 94 valence electrons. The van der Waals surface area contributed by atoms with E-state index in [0.29, 0.717) is 24.5 Å². The van der Waals surface area contributed by atoms with Crippen LogP contribution in [-0.2, 0) is 6.54 Å². The Kier molecular flexibility index (Phi) is 3.06. The van der Waals surface area contributed by atoms with Crippen LogP contribution in [0.1, 0.15) is 30.3 Å². The van der Waals surface area contributed by atoms with Crippen molar-refractivity contribution in [3.63, 3.8) is 0 Å². The minimum Gasteiger partial charge on any atom is -0.396 e. The smallest absolute Gasteiger partial charge is 0.271 e. The summed E-state index contributed by atoms with van der Waals surface area (Å²) in [5, 5.41) is 16.0. The lowest BCUT2D eigenvalue weighted by molar-refractivity contribution is 0.0925. The van der Waals surface area contributed by atoms with Gasteiger partial charge in [0.1, 0.15) is 5.69 Å². The summed E-state index contributed by atoms with van der Waals surface area (Å²) in [7, 11) is 0. The number of amides is 1. The molecule has 0 unspecified atom stereocenters. The van der Waals surface area contributed by atoms with E-state index in [1.165, 1.54) is 6.20 Å². The maximum absolute atomic E-state index is 12.0. The maximum atomic E-state index is 12.0. The Morgan fingerprint density at radius 1 is 1.71 bits per heavy atom. The molecule has 1 saturated carbocycles. The van der Waals surface area contributed by atoms with E-state index >= 15 is 0 Å². The molecular weight excluding hydrogens is 220 g/mol. The van der Waals surface area contributed by atoms with Gasteiger partial charge < -0.3 is 16.2 Å². The van der Waals surface area contributed by atoms with E-state index < -0.39 is 0 Å². The van der Waals surface area contributed by atoms with E-state index in [1.807, 2.05) is 6.92 Å². The number of aliphatic hydroxyl groups excluding tert-OH is 1. The van der Waals surface area contributed by atoms with Gasteiger partial charge in [-0.3, -0.25) is 9.48 Å². The number of nitrogens with one attached hydrogen (secondary N) is 1. The number of anilines is 1. The topological polar surface area (TPSA) is 93.2 Å². The lowest BCUT2D eigenvalue weighted by Crippen LogP contribution is -2.33. The highest BCUT2D eigenvalue weighted by molar-refractivity contribution is 5.97. The number of nitrogens with two attached hydrogens (primary N) is 1. The minimum atomic E-state index is -0.221. The average Bonchev–Trinajstić information content (AvgIpc) is 3.03. The summed E-state index contributed by atoms with van der Waals surface area (Å²) >= 11 is 0. The minimum absolute atomic E-state index is 0.0957. The molecule has 1 aromatic heterocycles. The first kappa shape index (κ1) is 11.9. The van der Waals surface area contributed by atoms with Crippen LogP contribution in [0, 0.1) is 5.41 Å². The molecule has 1 fully saturated rings. The summed E-state index contributed by atoms with van der Waals surface area (Å²) in [4.78, 5) is 12.0. The standard InChI is InChI=1S/C11H18N4O2/c1-2-15-9(8(12)5-14-15)10(17)13-6-11(7-16)3-4-11/h5,16H,2-4,6-7,12H2,1H3,(H,13,17). The van der Waals surface area contributed by atoms with Crippen molar-refractivity contribution in [2.45, 2.75) is 26.3 Å². The van der Waals surface area contributed by atoms with Crippen LogP contribution >= 0.6 is 0 Å². The molecule has 0 saturated heterocycles. The molecule has 0 atom stereocenters. The summed E-state index contributed by atoms with van der Waals surface area (Å²) in [6.45, 7) is 3.12. The molecule has 1 aromatic rings. The number of rotatable bonds is 5. The van der Waals surface area contributed by atoms with Gasteiger partial charge in [-0.2, -0.15) is 5.10 Å². The molecule has 1 aliphatic rings. The average molecular weight is 238 g/mol. The number of aliphatic hydroxyl groups is 1. The Morgan fingerprint density at radius 2 is 2.41 bits per heavy atom. The predicted molar refractivity (Wildman–Crippen MR) is 63.4 cm³/mol. The van der Waals surface area contributed by atoms with E-state index in [4.69, 9.17) is 10.8 Å². The fraction of sp³-hybridized carbons (Fsp3) is 0.636. The summed E-state index contributed by atoms with van der Waals surface area (Å²) in [5.41, 5.74) is 6.41. The SMILES string of the molecule is CCn1ncc(N)c1C(=O)NCC1(CO)CC1. The molecule has 2 rings (SSSR count). The van der Waals surface area contributed by atoms with Gasteiger partial charge in [0.05, 0.1) is 18.5 Å². The first-order chi connectivity index (χ1) is 8.12. The first-order valence-electron chi connectivity index (χ1n) is 5.82. The molecule has 0 aliphatic heterocycles. The largest absolute Gasteiger partial charge is 0.396 e. The second-order valence-electron chi connectivity index (χ2n) is 4.61. The molecule has 0 bridgehead atoms. The Bertz CT molecular complexity index is 423. The van der Waals surface area contributed by atoms with Gasteiger partial charge >= 0.3 is 0 Å². The summed E-state index contributed by atoms with van der Waals surface area (Å²) in [6.07, 6.45) is 3.41. The van der Waals surface area contributed by atoms with E-state index in [0.717, 1.165) is 12.8 Å². The van der Waals surface area contributed by atoms with Gasteiger partial charge in [-0.25, -0.2) is 0 Å². The maximum Gasteiger partial charge on any atom is 0.271 e. The second kappa shape index (κ2) is 4.37. The molecule has 4 N–H and O–H groups in total. The lowest BCUT2D eigenvalue weighted by Gasteiger charge is -2.13. The van der Waals surface area contributed by atoms with Crippen LogP contribution in [-0.4, -0.2) is 33.9 Å². The molecule has 17 heavy (non-hydrogen) atoms. The number of nitrogen functional groups attached to an aromatic ring is 1. The molecule has 6 heteroatoms. The fourth-order valence-electron chi connectivity index (χ4n) is 1.81. The molecule has 0 spiro atoms. The summed E-state index contributed by atoms with van der Waals surface area (Å²) in [5.74, 6) is -0.221. The second-order valence-corrected chi connectivity index (χ2v) is 4.61. The number of aromatic nitrogens is 2. The number of hydrogen-bond donors (Lipinski definition) is 3. The predicted octanol–water partition coefficient (Wildman–Crippen LogP) is -0.0125. The molecular formula is C11H18N4O2. The Hall–Kier alpha value is -1.56. The number of nitrogens with zero attached hydrogens (tertiary/aromatic N) is 2. The van der Waals surface area contributed by atoms with Crippen molar-refractivity contribution in [3.05, 3.63) is 11.9 Å². The van der Waals surface area contributed by atoms with Crippen molar-refractivity contribution < 1.29 is 9.90 Å². The third-order valence-corrected chi connectivity index (χ3v) is 3.30. The van der Waals surface area contributed by atoms with Crippen LogP contribution < -0.4 is 11.1 Å². The van der Waals surface area contributed by atoms with Crippen molar-refractivity contribution in [2.24, 2.45) is 5.41 Å². The molecule has 6 nitrogen and oxygen atoms in total. The van der Waals surface area contributed by atoms with Crippen LogP contribution in [0.2, 0.25) is 0 Å². The van der Waals surface area contributed by atoms with Crippen LogP contribution in [0.25, 0.3) is 0 Å². The molecule has 0 radical (unpaired) electrons. The number of aryl methyl sites for hydroxylation is 1. The Labute approximate surface area is 99.8 Å². The van der Waals surface area contributed by atoms with Crippen molar-refractivity contribution in [1.82, 2.24) is 15.1 Å². The van der Waals surface area contributed by atoms with E-state index in [-0.39, 0.29) is 17.9 Å². The van der Waals surface area contributed by atoms with Crippen LogP contribution in [0.5, 0.6) is 0 Å². The van der Waals surface area contributed by atoms with Crippen LogP contribution in [0.15, 0.2) is 6.20 Å². The molecule has 1 aliphatic carbocycles. The third kappa shape index (κ3) is 2.26. The highest BCUT2D eigenvalue weighted by Crippen LogP contribution is 2.44. The first-order valence-corrected chi connectivity index (χ1v) is 5.82. The Morgan fingerprint density at radius 3 is 2.94 bits per heavy atom. The van der Waals surface area contributed by atoms with Gasteiger partial charge in [-0.05, 0) is 19.8 Å². The van der Waals surface area contributed by atoms with Gasteiger partial charge in [-0.15, -0.1) is 0 Å². The van der Waals surface area contributed by atoms with Crippen LogP contribution in [0.4, 0.5) is 5.69 Å². The van der Waals surface area contributed by atoms with Gasteiger partial charge in [-0.1, -0.05) is 0 Å². The van der Waals surface area contributed by atoms with Gasteiger partial charge in [0.15, 0.2) is 0 Å². The normalized spacial score (nSPS) is 16.8. The van der Waals surface area contributed by atoms with Crippen molar-refractivity contribution >= 4 is 11.6 Å². The van der Waals surface area contributed by atoms with E-state index in [2.05, 4.69) is 10.4 Å². The van der Waals surface area contributed by atoms with E-state index in [1.54, 1.807) is 4.68 Å². The number of carbonyl (C=O) groups is 1. The lowest BCUT2D eigenvalue weighted by atomic mass is 10.1. The zero-order valence-electron chi connectivity index (χ0n) is 9.94. The van der Waals surface area contributed by atoms with Gasteiger partial charge in [0, 0.05) is 18.5 Å².